The minimum absolute atomic E-state index is 0.250. The summed E-state index contributed by atoms with van der Waals surface area (Å²) < 4.78 is 30.1. The summed E-state index contributed by atoms with van der Waals surface area (Å²) in [6.45, 7) is -3.43. The summed E-state index contributed by atoms with van der Waals surface area (Å²) in [6, 6.07) is 0. The van der Waals surface area contributed by atoms with Crippen LogP contribution in [0.3, 0.4) is 0 Å². The van der Waals surface area contributed by atoms with E-state index in [-0.39, 0.29) is 13.2 Å². The van der Waals surface area contributed by atoms with Crippen LogP contribution in [-0.2, 0) is 9.47 Å². The highest BCUT2D eigenvalue weighted by atomic mass is 19.3. The molecular weight excluding hydrogens is 148 g/mol. The number of carbonyl (C=O) groups is 1. The molecule has 0 aliphatic heterocycles. The fourth-order valence-electron chi connectivity index (χ4n) is 0.279. The molecule has 0 rings (SSSR count). The lowest BCUT2D eigenvalue weighted by atomic mass is 10.8. The maximum atomic E-state index is 11.2. The maximum Gasteiger partial charge on any atom is 0.404 e. The Bertz CT molecular complexity index is 109. The molecule has 1 amide bonds. The first-order valence-electron chi connectivity index (χ1n) is 2.45. The zero-order chi connectivity index (χ0) is 7.98. The number of ether oxygens (including phenoxy) is 2. The van der Waals surface area contributed by atoms with Crippen LogP contribution in [0.25, 0.3) is 0 Å². The molecule has 0 aromatic rings. The molecular formula is C4H7F2NO3. The molecule has 0 fully saturated rings. The molecule has 0 spiro atoms. The van der Waals surface area contributed by atoms with Gasteiger partial charge in [-0.2, -0.15) is 8.78 Å². The van der Waals surface area contributed by atoms with Crippen molar-refractivity contribution in [2.75, 3.05) is 13.2 Å². The lowest BCUT2D eigenvalue weighted by molar-refractivity contribution is -0.135. The van der Waals surface area contributed by atoms with E-state index in [1.807, 2.05) is 0 Å². The molecule has 0 aromatic heterocycles. The Morgan fingerprint density at radius 3 is 2.50 bits per heavy atom. The van der Waals surface area contributed by atoms with Gasteiger partial charge in [-0.3, -0.25) is 0 Å². The van der Waals surface area contributed by atoms with Crippen LogP contribution in [0.4, 0.5) is 13.6 Å². The van der Waals surface area contributed by atoms with Crippen LogP contribution in [0, 0.1) is 0 Å². The topological polar surface area (TPSA) is 61.6 Å². The van der Waals surface area contributed by atoms with Gasteiger partial charge in [-0.15, -0.1) is 0 Å². The first-order chi connectivity index (χ1) is 4.63. The van der Waals surface area contributed by atoms with Crippen LogP contribution < -0.4 is 5.73 Å². The van der Waals surface area contributed by atoms with Gasteiger partial charge in [0.2, 0.25) is 0 Å². The number of nitrogens with two attached hydrogens (primary N) is 1. The summed E-state index contributed by atoms with van der Waals surface area (Å²) in [5.74, 6) is 0. The first kappa shape index (κ1) is 9.09. The molecule has 0 aliphatic carbocycles. The van der Waals surface area contributed by atoms with E-state index in [1.165, 1.54) is 0 Å². The largest absolute Gasteiger partial charge is 0.447 e. The van der Waals surface area contributed by atoms with E-state index in [2.05, 4.69) is 15.2 Å². The lowest BCUT2D eigenvalue weighted by Crippen LogP contribution is -2.17. The quantitative estimate of drug-likeness (QED) is 0.594. The average Bonchev–Trinajstić information content (AvgIpc) is 1.79. The van der Waals surface area contributed by atoms with Crippen molar-refractivity contribution in [2.45, 2.75) is 6.61 Å². The Kier molecular flexibility index (Phi) is 4.47. The molecule has 0 saturated carbocycles. The fourth-order valence-corrected chi connectivity index (χ4v) is 0.279. The third-order valence-electron chi connectivity index (χ3n) is 0.571. The van der Waals surface area contributed by atoms with Gasteiger partial charge < -0.3 is 15.2 Å². The molecule has 0 bridgehead atoms. The predicted molar refractivity (Wildman–Crippen MR) is 27.5 cm³/mol. The van der Waals surface area contributed by atoms with Crippen molar-refractivity contribution in [3.8, 4) is 0 Å². The van der Waals surface area contributed by atoms with Crippen molar-refractivity contribution in [3.05, 3.63) is 0 Å². The highest BCUT2D eigenvalue weighted by Gasteiger charge is 2.00. The van der Waals surface area contributed by atoms with Crippen molar-refractivity contribution in [3.63, 3.8) is 0 Å². The molecule has 0 heterocycles. The molecule has 2 N–H and O–H groups in total. The number of rotatable bonds is 4. The number of primary amides is 1. The van der Waals surface area contributed by atoms with Gasteiger partial charge in [-0.05, 0) is 0 Å². The van der Waals surface area contributed by atoms with E-state index in [1.54, 1.807) is 0 Å². The second-order valence-corrected chi connectivity index (χ2v) is 1.30. The van der Waals surface area contributed by atoms with E-state index in [4.69, 9.17) is 0 Å². The van der Waals surface area contributed by atoms with Crippen molar-refractivity contribution in [1.82, 2.24) is 0 Å². The van der Waals surface area contributed by atoms with Crippen LogP contribution >= 0.6 is 0 Å². The Morgan fingerprint density at radius 1 is 1.50 bits per heavy atom. The summed E-state index contributed by atoms with van der Waals surface area (Å²) in [5.41, 5.74) is 4.51. The SMILES string of the molecule is NC(=O)OCCOC(F)F. The Balaban J connectivity index is 2.98. The summed E-state index contributed by atoms with van der Waals surface area (Å²) in [7, 11) is 0. The second-order valence-electron chi connectivity index (χ2n) is 1.30. The summed E-state index contributed by atoms with van der Waals surface area (Å²) in [6.07, 6.45) is -1.00. The van der Waals surface area contributed by atoms with Gasteiger partial charge in [0.15, 0.2) is 0 Å². The Morgan fingerprint density at radius 2 is 2.10 bits per heavy atom. The van der Waals surface area contributed by atoms with Crippen molar-refractivity contribution in [2.24, 2.45) is 5.73 Å². The zero-order valence-electron chi connectivity index (χ0n) is 5.05. The third-order valence-corrected chi connectivity index (χ3v) is 0.571. The van der Waals surface area contributed by atoms with Crippen LogP contribution in [0.2, 0.25) is 0 Å². The van der Waals surface area contributed by atoms with E-state index < -0.39 is 12.7 Å². The van der Waals surface area contributed by atoms with Crippen molar-refractivity contribution >= 4 is 6.09 Å². The molecule has 0 aromatic carbocycles. The van der Waals surface area contributed by atoms with Gasteiger partial charge in [-0.25, -0.2) is 4.79 Å². The number of hydrogen-bond acceptors (Lipinski definition) is 3. The minimum Gasteiger partial charge on any atom is -0.447 e. The van der Waals surface area contributed by atoms with Crippen molar-refractivity contribution < 1.29 is 23.0 Å². The third kappa shape index (κ3) is 7.09. The summed E-state index contributed by atoms with van der Waals surface area (Å²) in [4.78, 5) is 9.80. The molecule has 0 atom stereocenters. The summed E-state index contributed by atoms with van der Waals surface area (Å²) in [5, 5.41) is 0. The second kappa shape index (κ2) is 4.92. The lowest BCUT2D eigenvalue weighted by Gasteiger charge is -2.01. The van der Waals surface area contributed by atoms with Crippen LogP contribution in [0.5, 0.6) is 0 Å². The zero-order valence-corrected chi connectivity index (χ0v) is 5.05. The number of hydrogen-bond donors (Lipinski definition) is 1. The molecule has 0 radical (unpaired) electrons. The molecule has 10 heavy (non-hydrogen) atoms. The maximum absolute atomic E-state index is 11.2. The Hall–Kier alpha value is -0.910. The van der Waals surface area contributed by atoms with Crippen LogP contribution in [-0.4, -0.2) is 25.9 Å². The number of alkyl halides is 2. The highest BCUT2D eigenvalue weighted by Crippen LogP contribution is 1.92. The highest BCUT2D eigenvalue weighted by molar-refractivity contribution is 5.64. The van der Waals surface area contributed by atoms with Crippen LogP contribution in [0.1, 0.15) is 0 Å². The fraction of sp³-hybridized carbons (Fsp3) is 0.750. The molecule has 0 aliphatic rings. The number of amides is 1. The van der Waals surface area contributed by atoms with Gasteiger partial charge in [-0.1, -0.05) is 0 Å². The molecule has 6 heteroatoms. The van der Waals surface area contributed by atoms with Crippen molar-refractivity contribution in [1.29, 1.82) is 0 Å². The van der Waals surface area contributed by atoms with Gasteiger partial charge in [0.1, 0.15) is 6.61 Å². The minimum atomic E-state index is -2.84. The Labute approximate surface area is 55.9 Å². The number of halogens is 2. The smallest absolute Gasteiger partial charge is 0.404 e. The number of carbonyl (C=O) groups excluding carboxylic acids is 1. The average molecular weight is 155 g/mol. The van der Waals surface area contributed by atoms with Gasteiger partial charge in [0.25, 0.3) is 0 Å². The standard InChI is InChI=1S/C4H7F2NO3/c5-3(6)9-1-2-10-4(7)8/h3H,1-2H2,(H2,7,8). The van der Waals surface area contributed by atoms with E-state index in [0.29, 0.717) is 0 Å². The monoisotopic (exact) mass is 155 g/mol. The van der Waals surface area contributed by atoms with Gasteiger partial charge >= 0.3 is 12.7 Å². The van der Waals surface area contributed by atoms with Crippen LogP contribution in [0.15, 0.2) is 0 Å². The molecule has 60 valence electrons. The summed E-state index contributed by atoms with van der Waals surface area (Å²) >= 11 is 0. The molecule has 4 nitrogen and oxygen atoms in total. The first-order valence-corrected chi connectivity index (χ1v) is 2.45. The van der Waals surface area contributed by atoms with E-state index in [0.717, 1.165) is 0 Å². The molecule has 0 saturated heterocycles. The van der Waals surface area contributed by atoms with Gasteiger partial charge in [0.05, 0.1) is 6.61 Å². The predicted octanol–water partition coefficient (Wildman–Crippen LogP) is 0.321. The van der Waals surface area contributed by atoms with E-state index in [9.17, 15) is 13.6 Å². The normalized spacial score (nSPS) is 9.90. The molecule has 0 unspecified atom stereocenters. The van der Waals surface area contributed by atoms with E-state index >= 15 is 0 Å². The van der Waals surface area contributed by atoms with Gasteiger partial charge in [0, 0.05) is 0 Å².